The molecule has 1 amide bonds. The number of ether oxygens (including phenoxy) is 1. The van der Waals surface area contributed by atoms with Gasteiger partial charge in [0.05, 0.1) is 13.2 Å². The number of rotatable bonds is 4. The van der Waals surface area contributed by atoms with Crippen LogP contribution < -0.4 is 0 Å². The summed E-state index contributed by atoms with van der Waals surface area (Å²) in [4.78, 5) is 14.1. The molecule has 0 aromatic heterocycles. The first-order valence-electron chi connectivity index (χ1n) is 9.65. The minimum Gasteiger partial charge on any atom is -0.368 e. The molecule has 1 unspecified atom stereocenters. The third-order valence-electron chi connectivity index (χ3n) is 5.89. The fourth-order valence-electron chi connectivity index (χ4n) is 4.07. The summed E-state index contributed by atoms with van der Waals surface area (Å²) in [6.07, 6.45) is -1.05. The van der Waals surface area contributed by atoms with Crippen molar-refractivity contribution >= 4 is 5.91 Å². The largest absolute Gasteiger partial charge is 0.368 e. The van der Waals surface area contributed by atoms with Gasteiger partial charge in [-0.3, -0.25) is 4.79 Å². The molecule has 3 nitrogen and oxygen atoms in total. The second-order valence-electron chi connectivity index (χ2n) is 7.72. The van der Waals surface area contributed by atoms with E-state index in [-0.39, 0.29) is 35.6 Å². The van der Waals surface area contributed by atoms with Crippen molar-refractivity contribution in [3.05, 3.63) is 59.4 Å². The molecule has 0 spiro atoms. The lowest BCUT2D eigenvalue weighted by molar-refractivity contribution is -0.157. The lowest BCUT2D eigenvalue weighted by atomic mass is 9.92. The Morgan fingerprint density at radius 2 is 1.86 bits per heavy atom. The number of benzene rings is 2. The van der Waals surface area contributed by atoms with Crippen LogP contribution in [0.2, 0.25) is 0 Å². The second-order valence-corrected chi connectivity index (χ2v) is 7.72. The average Bonchev–Trinajstić information content (AvgIpc) is 2.89. The number of carbonyl (C=O) groups is 1. The minimum atomic E-state index is -1.20. The molecule has 2 aliphatic heterocycles. The Bertz CT molecular complexity index is 911. The molecule has 0 aliphatic carbocycles. The van der Waals surface area contributed by atoms with Crippen LogP contribution in [0.3, 0.4) is 0 Å². The molecular formula is C22H21F4NO2. The number of amides is 1. The van der Waals surface area contributed by atoms with Gasteiger partial charge in [-0.1, -0.05) is 25.1 Å². The molecule has 0 radical (unpaired) electrons. The van der Waals surface area contributed by atoms with Crippen molar-refractivity contribution in [3.63, 3.8) is 0 Å². The van der Waals surface area contributed by atoms with E-state index in [9.17, 15) is 18.0 Å². The lowest BCUT2D eigenvalue weighted by Gasteiger charge is -2.33. The molecule has 0 saturated carbocycles. The highest BCUT2D eigenvalue weighted by Crippen LogP contribution is 2.34. The van der Waals surface area contributed by atoms with Gasteiger partial charge >= 0.3 is 0 Å². The van der Waals surface area contributed by atoms with Gasteiger partial charge in [0.1, 0.15) is 29.7 Å². The molecule has 2 heterocycles. The molecule has 2 aliphatic rings. The van der Waals surface area contributed by atoms with E-state index in [1.54, 1.807) is 19.1 Å². The third-order valence-corrected chi connectivity index (χ3v) is 5.89. The molecule has 4 atom stereocenters. The van der Waals surface area contributed by atoms with E-state index in [0.29, 0.717) is 13.0 Å². The topological polar surface area (TPSA) is 29.5 Å². The van der Waals surface area contributed by atoms with E-state index in [1.165, 1.54) is 11.0 Å². The number of alkyl halides is 1. The van der Waals surface area contributed by atoms with Crippen LogP contribution in [0.25, 0.3) is 11.1 Å². The van der Waals surface area contributed by atoms with Gasteiger partial charge in [-0.25, -0.2) is 17.6 Å². The number of likely N-dealkylation sites (tertiary alicyclic amines) is 1. The summed E-state index contributed by atoms with van der Waals surface area (Å²) in [6.45, 7) is 2.17. The molecule has 2 fully saturated rings. The smallest absolute Gasteiger partial charge is 0.252 e. The molecular weight excluding hydrogens is 386 g/mol. The molecule has 154 valence electrons. The summed E-state index contributed by atoms with van der Waals surface area (Å²) in [7, 11) is 0. The predicted molar refractivity (Wildman–Crippen MR) is 99.4 cm³/mol. The quantitative estimate of drug-likeness (QED) is 0.708. The van der Waals surface area contributed by atoms with Gasteiger partial charge in [0.2, 0.25) is 0 Å². The average molecular weight is 407 g/mol. The van der Waals surface area contributed by atoms with Crippen molar-refractivity contribution in [3.8, 4) is 11.1 Å². The van der Waals surface area contributed by atoms with Crippen molar-refractivity contribution in [2.45, 2.75) is 38.1 Å². The van der Waals surface area contributed by atoms with Crippen LogP contribution in [-0.2, 0) is 16.0 Å². The highest BCUT2D eigenvalue weighted by Gasteiger charge is 2.45. The highest BCUT2D eigenvalue weighted by atomic mass is 19.1. The van der Waals surface area contributed by atoms with Crippen molar-refractivity contribution in [2.24, 2.45) is 5.92 Å². The van der Waals surface area contributed by atoms with E-state index in [1.807, 2.05) is 0 Å². The Morgan fingerprint density at radius 1 is 1.17 bits per heavy atom. The Hall–Kier alpha value is -2.41. The van der Waals surface area contributed by atoms with E-state index in [4.69, 9.17) is 4.74 Å². The van der Waals surface area contributed by atoms with Gasteiger partial charge < -0.3 is 9.64 Å². The second kappa shape index (κ2) is 7.78. The number of nitrogens with zero attached hydrogens (tertiary/aromatic N) is 1. The van der Waals surface area contributed by atoms with Gasteiger partial charge in [-0.15, -0.1) is 0 Å². The third kappa shape index (κ3) is 3.75. The summed E-state index contributed by atoms with van der Waals surface area (Å²) in [5, 5.41) is 0. The van der Waals surface area contributed by atoms with Crippen LogP contribution in [0.1, 0.15) is 18.9 Å². The Morgan fingerprint density at radius 3 is 2.48 bits per heavy atom. The normalized spacial score (nSPS) is 26.4. The van der Waals surface area contributed by atoms with Crippen molar-refractivity contribution < 1.29 is 27.1 Å². The first-order valence-corrected chi connectivity index (χ1v) is 9.65. The van der Waals surface area contributed by atoms with E-state index < -0.39 is 41.7 Å². The predicted octanol–water partition coefficient (Wildman–Crippen LogP) is 4.29. The molecule has 0 N–H and O–H groups in total. The molecule has 7 heteroatoms. The SMILES string of the molecule is C[C@H]1[C@@H](F)CN(C(=O)C2CCO2)[C@H]1Cc1cccc(-c2cc(F)cc(F)c2)c1F. The van der Waals surface area contributed by atoms with Crippen LogP contribution in [0.15, 0.2) is 36.4 Å². The molecule has 2 aromatic rings. The van der Waals surface area contributed by atoms with Crippen molar-refractivity contribution in [2.75, 3.05) is 13.2 Å². The van der Waals surface area contributed by atoms with E-state index >= 15 is 4.39 Å². The zero-order chi connectivity index (χ0) is 20.7. The molecule has 2 saturated heterocycles. The lowest BCUT2D eigenvalue weighted by Crippen LogP contribution is -2.49. The van der Waals surface area contributed by atoms with Crippen LogP contribution in [0, 0.1) is 23.4 Å². The zero-order valence-electron chi connectivity index (χ0n) is 15.9. The van der Waals surface area contributed by atoms with Crippen molar-refractivity contribution in [1.82, 2.24) is 4.90 Å². The maximum absolute atomic E-state index is 15.2. The van der Waals surface area contributed by atoms with Gasteiger partial charge in [-0.2, -0.15) is 0 Å². The highest BCUT2D eigenvalue weighted by molar-refractivity contribution is 5.82. The Labute approximate surface area is 166 Å². The monoisotopic (exact) mass is 407 g/mol. The van der Waals surface area contributed by atoms with Crippen LogP contribution >= 0.6 is 0 Å². The molecule has 4 rings (SSSR count). The van der Waals surface area contributed by atoms with Gasteiger partial charge in [-0.05, 0) is 29.7 Å². The van der Waals surface area contributed by atoms with Crippen LogP contribution in [-0.4, -0.2) is 42.3 Å². The fourth-order valence-corrected chi connectivity index (χ4v) is 4.07. The molecule has 29 heavy (non-hydrogen) atoms. The summed E-state index contributed by atoms with van der Waals surface area (Å²) in [5.74, 6) is -2.96. The first-order chi connectivity index (χ1) is 13.8. The maximum atomic E-state index is 15.2. The Kier molecular flexibility index (Phi) is 5.34. The van der Waals surface area contributed by atoms with Crippen molar-refractivity contribution in [1.29, 1.82) is 0 Å². The molecule has 2 aromatic carbocycles. The maximum Gasteiger partial charge on any atom is 0.252 e. The summed E-state index contributed by atoms with van der Waals surface area (Å²) >= 11 is 0. The minimum absolute atomic E-state index is 0.0407. The van der Waals surface area contributed by atoms with Crippen LogP contribution in [0.4, 0.5) is 17.6 Å². The van der Waals surface area contributed by atoms with E-state index in [0.717, 1.165) is 18.2 Å². The zero-order valence-corrected chi connectivity index (χ0v) is 15.9. The summed E-state index contributed by atoms with van der Waals surface area (Å²) in [6, 6.07) is 6.90. The number of carbonyl (C=O) groups excluding carboxylic acids is 1. The number of hydrogen-bond acceptors (Lipinski definition) is 2. The standard InChI is InChI=1S/C22H21F4NO2/c1-12-18(25)11-27(22(28)20-5-6-29-20)19(12)9-13-3-2-4-17(21(13)26)14-7-15(23)10-16(24)8-14/h2-4,7-8,10,12,18-20H,5-6,9,11H2,1H3/t12-,18-,19-,20?/m0/s1. The van der Waals surface area contributed by atoms with E-state index in [2.05, 4.69) is 0 Å². The van der Waals surface area contributed by atoms with Gasteiger partial charge in [0, 0.05) is 30.0 Å². The van der Waals surface area contributed by atoms with Gasteiger partial charge in [0.25, 0.3) is 5.91 Å². The van der Waals surface area contributed by atoms with Crippen LogP contribution in [0.5, 0.6) is 0 Å². The summed E-state index contributed by atoms with van der Waals surface area (Å²) in [5.41, 5.74) is 0.412. The molecule has 0 bridgehead atoms. The summed E-state index contributed by atoms with van der Waals surface area (Å²) < 4.78 is 61.9. The van der Waals surface area contributed by atoms with Gasteiger partial charge in [0.15, 0.2) is 0 Å². The number of hydrogen-bond donors (Lipinski definition) is 0. The number of halogens is 4. The first kappa shape index (κ1) is 19.9. The fraction of sp³-hybridized carbons (Fsp3) is 0.409. The Balaban J connectivity index is 1.63.